The topological polar surface area (TPSA) is 71.0 Å². The molecule has 8 heteroatoms. The lowest BCUT2D eigenvalue weighted by Gasteiger charge is -2.32. The molecule has 0 radical (unpaired) electrons. The van der Waals surface area contributed by atoms with Crippen LogP contribution < -0.4 is 5.32 Å². The molecule has 1 aliphatic rings. The summed E-state index contributed by atoms with van der Waals surface area (Å²) in [4.78, 5) is 27.0. The highest BCUT2D eigenvalue weighted by atomic mass is 79.9. The van der Waals surface area contributed by atoms with Gasteiger partial charge in [-0.15, -0.1) is 0 Å². The average Bonchev–Trinajstić information content (AvgIpc) is 2.69. The number of fused-ring (bicyclic) bond motifs is 1. The molecule has 138 valence electrons. The number of rotatable bonds is 3. The first kappa shape index (κ1) is 18.1. The highest BCUT2D eigenvalue weighted by molar-refractivity contribution is 9.10. The van der Waals surface area contributed by atoms with Gasteiger partial charge >= 0.3 is 0 Å². The van der Waals surface area contributed by atoms with Crippen molar-refractivity contribution in [2.75, 3.05) is 18.4 Å². The molecule has 3 aromatic rings. The number of halogens is 2. The molecule has 0 bridgehead atoms. The molecule has 0 unspecified atom stereocenters. The quantitative estimate of drug-likeness (QED) is 0.654. The van der Waals surface area contributed by atoms with E-state index < -0.39 is 0 Å². The number of nitrogens with zero attached hydrogens (tertiary/aromatic N) is 4. The van der Waals surface area contributed by atoms with Gasteiger partial charge in [0.25, 0.3) is 5.91 Å². The van der Waals surface area contributed by atoms with Crippen molar-refractivity contribution in [3.8, 4) is 0 Å². The third-order valence-corrected chi connectivity index (χ3v) is 5.37. The summed E-state index contributed by atoms with van der Waals surface area (Å²) < 4.78 is 0.933. The van der Waals surface area contributed by atoms with E-state index in [2.05, 4.69) is 36.2 Å². The predicted octanol–water partition coefficient (Wildman–Crippen LogP) is 4.16. The van der Waals surface area contributed by atoms with E-state index in [1.54, 1.807) is 6.20 Å². The highest BCUT2D eigenvalue weighted by Gasteiger charge is 2.24. The second kappa shape index (κ2) is 7.78. The maximum atomic E-state index is 12.4. The van der Waals surface area contributed by atoms with Crippen molar-refractivity contribution >= 4 is 50.2 Å². The second-order valence-electron chi connectivity index (χ2n) is 6.46. The van der Waals surface area contributed by atoms with Gasteiger partial charge in [0.05, 0.1) is 16.7 Å². The Morgan fingerprint density at radius 2 is 2.04 bits per heavy atom. The standard InChI is InChI=1S/C19H17BrClN5O/c20-13-9-12-1-2-17(25-18(12)15(21)10-13)24-14-3-7-26(8-4-14)19(27)16-11-22-5-6-23-16/h1-2,5-6,9-11,14H,3-4,7-8H2,(H,24,25). The third-order valence-electron chi connectivity index (χ3n) is 4.63. The first-order valence-corrected chi connectivity index (χ1v) is 9.85. The van der Waals surface area contributed by atoms with Crippen LogP contribution in [-0.2, 0) is 0 Å². The molecule has 0 atom stereocenters. The molecule has 0 saturated carbocycles. The zero-order valence-electron chi connectivity index (χ0n) is 14.4. The van der Waals surface area contributed by atoms with E-state index in [-0.39, 0.29) is 11.9 Å². The maximum absolute atomic E-state index is 12.4. The molecule has 6 nitrogen and oxygen atoms in total. The summed E-state index contributed by atoms with van der Waals surface area (Å²) in [5, 5.41) is 5.07. The molecule has 0 aliphatic carbocycles. The maximum Gasteiger partial charge on any atom is 0.274 e. The Morgan fingerprint density at radius 3 is 2.78 bits per heavy atom. The number of pyridine rings is 1. The van der Waals surface area contributed by atoms with E-state index in [0.29, 0.717) is 23.8 Å². The van der Waals surface area contributed by atoms with Gasteiger partial charge in [0.15, 0.2) is 0 Å². The van der Waals surface area contributed by atoms with Crippen LogP contribution in [0.25, 0.3) is 10.9 Å². The van der Waals surface area contributed by atoms with Gasteiger partial charge in [-0.2, -0.15) is 0 Å². The lowest BCUT2D eigenvalue weighted by molar-refractivity contribution is 0.0712. The number of carbonyl (C=O) groups excluding carboxylic acids is 1. The van der Waals surface area contributed by atoms with E-state index in [9.17, 15) is 4.79 Å². The summed E-state index contributed by atoms with van der Waals surface area (Å²) in [6, 6.07) is 8.07. The van der Waals surface area contributed by atoms with Crippen LogP contribution in [0, 0.1) is 0 Å². The number of anilines is 1. The Hall–Kier alpha value is -2.25. The Morgan fingerprint density at radius 1 is 1.22 bits per heavy atom. The number of carbonyl (C=O) groups is 1. The van der Waals surface area contributed by atoms with Gasteiger partial charge < -0.3 is 10.2 Å². The molecule has 2 aromatic heterocycles. The number of aromatic nitrogens is 3. The van der Waals surface area contributed by atoms with Crippen LogP contribution in [0.1, 0.15) is 23.3 Å². The zero-order valence-corrected chi connectivity index (χ0v) is 16.7. The van der Waals surface area contributed by atoms with Gasteiger partial charge in [0, 0.05) is 41.4 Å². The van der Waals surface area contributed by atoms with E-state index in [4.69, 9.17) is 11.6 Å². The molecule has 1 aliphatic heterocycles. The number of likely N-dealkylation sites (tertiary alicyclic amines) is 1. The van der Waals surface area contributed by atoms with E-state index in [0.717, 1.165) is 34.0 Å². The van der Waals surface area contributed by atoms with Gasteiger partial charge in [-0.3, -0.25) is 9.78 Å². The lowest BCUT2D eigenvalue weighted by atomic mass is 10.0. The molecule has 1 aromatic carbocycles. The van der Waals surface area contributed by atoms with Crippen molar-refractivity contribution in [2.24, 2.45) is 0 Å². The van der Waals surface area contributed by atoms with Gasteiger partial charge in [0.2, 0.25) is 0 Å². The van der Waals surface area contributed by atoms with E-state index >= 15 is 0 Å². The number of benzene rings is 1. The number of amides is 1. The van der Waals surface area contributed by atoms with Crippen molar-refractivity contribution in [2.45, 2.75) is 18.9 Å². The molecule has 1 N–H and O–H groups in total. The van der Waals surface area contributed by atoms with Crippen LogP contribution in [0.3, 0.4) is 0 Å². The normalized spacial score (nSPS) is 15.1. The molecule has 0 spiro atoms. The van der Waals surface area contributed by atoms with Crippen molar-refractivity contribution in [1.29, 1.82) is 0 Å². The smallest absolute Gasteiger partial charge is 0.274 e. The van der Waals surface area contributed by atoms with Crippen molar-refractivity contribution in [1.82, 2.24) is 19.9 Å². The number of nitrogens with one attached hydrogen (secondary N) is 1. The van der Waals surface area contributed by atoms with Crippen molar-refractivity contribution in [3.63, 3.8) is 0 Å². The fourth-order valence-corrected chi connectivity index (χ4v) is 4.12. The van der Waals surface area contributed by atoms with E-state index in [1.807, 2.05) is 29.2 Å². The Balaban J connectivity index is 1.41. The Labute approximate surface area is 170 Å². The number of hydrogen-bond donors (Lipinski definition) is 1. The summed E-state index contributed by atoms with van der Waals surface area (Å²) in [6.45, 7) is 1.35. The molecule has 3 heterocycles. The Bertz CT molecular complexity index is 977. The average molecular weight is 447 g/mol. The predicted molar refractivity (Wildman–Crippen MR) is 109 cm³/mol. The van der Waals surface area contributed by atoms with Crippen LogP contribution in [0.5, 0.6) is 0 Å². The Kier molecular flexibility index (Phi) is 5.22. The van der Waals surface area contributed by atoms with Crippen LogP contribution in [0.2, 0.25) is 5.02 Å². The van der Waals surface area contributed by atoms with Crippen LogP contribution in [0.15, 0.2) is 47.3 Å². The first-order chi connectivity index (χ1) is 13.1. The van der Waals surface area contributed by atoms with Crippen molar-refractivity contribution < 1.29 is 4.79 Å². The van der Waals surface area contributed by atoms with Gasteiger partial charge in [-0.1, -0.05) is 27.5 Å². The molecular formula is C19H17BrClN5O. The van der Waals surface area contributed by atoms with Crippen LogP contribution in [0.4, 0.5) is 5.82 Å². The SMILES string of the molecule is O=C(c1cnccn1)N1CCC(Nc2ccc3cc(Br)cc(Cl)c3n2)CC1. The summed E-state index contributed by atoms with van der Waals surface area (Å²) in [7, 11) is 0. The minimum Gasteiger partial charge on any atom is -0.367 e. The molecule has 4 rings (SSSR count). The summed E-state index contributed by atoms with van der Waals surface area (Å²) in [5.74, 6) is 0.730. The highest BCUT2D eigenvalue weighted by Crippen LogP contribution is 2.28. The monoisotopic (exact) mass is 445 g/mol. The first-order valence-electron chi connectivity index (χ1n) is 8.68. The zero-order chi connectivity index (χ0) is 18.8. The molecular weight excluding hydrogens is 430 g/mol. The van der Waals surface area contributed by atoms with E-state index in [1.165, 1.54) is 12.4 Å². The van der Waals surface area contributed by atoms with Gasteiger partial charge in [-0.05, 0) is 37.1 Å². The lowest BCUT2D eigenvalue weighted by Crippen LogP contribution is -2.42. The summed E-state index contributed by atoms with van der Waals surface area (Å²) in [6.07, 6.45) is 6.30. The third kappa shape index (κ3) is 4.04. The summed E-state index contributed by atoms with van der Waals surface area (Å²) in [5.41, 5.74) is 1.17. The van der Waals surface area contributed by atoms with Gasteiger partial charge in [0.1, 0.15) is 11.5 Å². The minimum atomic E-state index is -0.0669. The van der Waals surface area contributed by atoms with Crippen molar-refractivity contribution in [3.05, 3.63) is 58.0 Å². The number of piperidine rings is 1. The van der Waals surface area contributed by atoms with Crippen LogP contribution >= 0.6 is 27.5 Å². The second-order valence-corrected chi connectivity index (χ2v) is 7.78. The largest absolute Gasteiger partial charge is 0.367 e. The van der Waals surface area contributed by atoms with Gasteiger partial charge in [-0.25, -0.2) is 9.97 Å². The minimum absolute atomic E-state index is 0.0669. The summed E-state index contributed by atoms with van der Waals surface area (Å²) >= 11 is 9.76. The van der Waals surface area contributed by atoms with Crippen LogP contribution in [-0.4, -0.2) is 44.9 Å². The molecule has 1 amide bonds. The molecule has 1 saturated heterocycles. The number of hydrogen-bond acceptors (Lipinski definition) is 5. The molecule has 27 heavy (non-hydrogen) atoms. The fraction of sp³-hybridized carbons (Fsp3) is 0.263. The fourth-order valence-electron chi connectivity index (χ4n) is 3.25. The molecule has 1 fully saturated rings.